The maximum atomic E-state index is 11.6. The molecule has 0 aliphatic rings. The van der Waals surface area contributed by atoms with E-state index in [0.29, 0.717) is 0 Å². The van der Waals surface area contributed by atoms with Crippen LogP contribution in [0.15, 0.2) is 24.3 Å². The lowest BCUT2D eigenvalue weighted by Gasteiger charge is -2.16. The van der Waals surface area contributed by atoms with E-state index in [4.69, 9.17) is 5.11 Å². The van der Waals surface area contributed by atoms with Crippen LogP contribution in [0.3, 0.4) is 0 Å². The van der Waals surface area contributed by atoms with Crippen LogP contribution in [0.5, 0.6) is 0 Å². The van der Waals surface area contributed by atoms with E-state index in [1.165, 1.54) is 6.92 Å². The second-order valence-electron chi connectivity index (χ2n) is 4.29. The number of nitrogens with one attached hydrogen (secondary N) is 1. The monoisotopic (exact) mass is 251 g/mol. The number of aliphatic hydroxyl groups excluding tert-OH is 1. The van der Waals surface area contributed by atoms with Crippen LogP contribution in [-0.4, -0.2) is 34.2 Å². The van der Waals surface area contributed by atoms with Crippen LogP contribution in [0.2, 0.25) is 0 Å². The third-order valence-electron chi connectivity index (χ3n) is 2.55. The molecule has 1 aromatic carbocycles. The fraction of sp³-hybridized carbons (Fsp3) is 0.385. The Bertz CT molecular complexity index is 425. The van der Waals surface area contributed by atoms with Gasteiger partial charge in [0.05, 0.1) is 12.5 Å². The molecular formula is C13H17NO4. The van der Waals surface area contributed by atoms with Crippen molar-refractivity contribution in [3.8, 4) is 0 Å². The van der Waals surface area contributed by atoms with Crippen molar-refractivity contribution in [2.45, 2.75) is 32.4 Å². The fourth-order valence-electron chi connectivity index (χ4n) is 1.50. The molecule has 0 aliphatic carbocycles. The van der Waals surface area contributed by atoms with Crippen molar-refractivity contribution in [1.82, 2.24) is 5.32 Å². The van der Waals surface area contributed by atoms with Crippen molar-refractivity contribution in [1.29, 1.82) is 0 Å². The second kappa shape index (κ2) is 6.16. The third-order valence-corrected chi connectivity index (χ3v) is 2.55. The van der Waals surface area contributed by atoms with Gasteiger partial charge >= 0.3 is 5.97 Å². The Morgan fingerprint density at radius 3 is 2.28 bits per heavy atom. The van der Waals surface area contributed by atoms with Gasteiger partial charge in [0, 0.05) is 0 Å². The van der Waals surface area contributed by atoms with Crippen LogP contribution in [0.25, 0.3) is 0 Å². The number of benzene rings is 1. The van der Waals surface area contributed by atoms with Crippen molar-refractivity contribution >= 4 is 11.9 Å². The molecule has 0 aliphatic heterocycles. The maximum absolute atomic E-state index is 11.6. The van der Waals surface area contributed by atoms with E-state index in [1.807, 2.05) is 31.2 Å². The van der Waals surface area contributed by atoms with E-state index < -0.39 is 24.0 Å². The van der Waals surface area contributed by atoms with Crippen LogP contribution < -0.4 is 5.32 Å². The van der Waals surface area contributed by atoms with Gasteiger partial charge in [-0.15, -0.1) is 0 Å². The Kier molecular flexibility index (Phi) is 4.85. The topological polar surface area (TPSA) is 86.6 Å². The molecule has 3 N–H and O–H groups in total. The quantitative estimate of drug-likeness (QED) is 0.710. The minimum absolute atomic E-state index is 0.0940. The Hall–Kier alpha value is -1.88. The second-order valence-corrected chi connectivity index (χ2v) is 4.29. The predicted octanol–water partition coefficient (Wildman–Crippen LogP) is 0.488. The molecule has 2 unspecified atom stereocenters. The van der Waals surface area contributed by atoms with Gasteiger partial charge in [-0.1, -0.05) is 29.8 Å². The molecule has 1 rings (SSSR count). The summed E-state index contributed by atoms with van der Waals surface area (Å²) in [5, 5.41) is 20.3. The molecule has 0 fully saturated rings. The molecule has 0 saturated heterocycles. The van der Waals surface area contributed by atoms with Crippen molar-refractivity contribution in [3.63, 3.8) is 0 Å². The number of aliphatic carboxylic acids is 1. The number of hydrogen-bond acceptors (Lipinski definition) is 3. The smallest absolute Gasteiger partial charge is 0.328 e. The maximum Gasteiger partial charge on any atom is 0.328 e. The lowest BCUT2D eigenvalue weighted by molar-refractivity contribution is -0.144. The SMILES string of the molecule is Cc1ccc(CC(=O)NC(C(=O)O)C(C)O)cc1. The van der Waals surface area contributed by atoms with Crippen LogP contribution in [0.1, 0.15) is 18.1 Å². The summed E-state index contributed by atoms with van der Waals surface area (Å²) in [6.45, 7) is 3.27. The Morgan fingerprint density at radius 1 is 1.28 bits per heavy atom. The molecule has 98 valence electrons. The highest BCUT2D eigenvalue weighted by Crippen LogP contribution is 2.04. The number of carbonyl (C=O) groups excluding carboxylic acids is 1. The van der Waals surface area contributed by atoms with Gasteiger partial charge in [-0.2, -0.15) is 0 Å². The normalized spacial score (nSPS) is 13.7. The van der Waals surface area contributed by atoms with E-state index in [2.05, 4.69) is 5.32 Å². The summed E-state index contributed by atoms with van der Waals surface area (Å²) in [7, 11) is 0. The average Bonchev–Trinajstić information content (AvgIpc) is 2.28. The number of aryl methyl sites for hydroxylation is 1. The lowest BCUT2D eigenvalue weighted by Crippen LogP contribution is -2.48. The molecule has 1 aromatic rings. The van der Waals surface area contributed by atoms with Gasteiger partial charge in [-0.05, 0) is 19.4 Å². The van der Waals surface area contributed by atoms with E-state index >= 15 is 0 Å². The Balaban J connectivity index is 2.60. The average molecular weight is 251 g/mol. The van der Waals surface area contributed by atoms with Crippen LogP contribution in [0.4, 0.5) is 0 Å². The van der Waals surface area contributed by atoms with Crippen LogP contribution in [0, 0.1) is 6.92 Å². The molecule has 2 atom stereocenters. The number of carboxylic acids is 1. The molecule has 0 aromatic heterocycles. The first-order valence-corrected chi connectivity index (χ1v) is 5.66. The van der Waals surface area contributed by atoms with Gasteiger partial charge in [0.1, 0.15) is 0 Å². The summed E-state index contributed by atoms with van der Waals surface area (Å²) in [6.07, 6.45) is -1.04. The summed E-state index contributed by atoms with van der Waals surface area (Å²) in [6, 6.07) is 6.11. The molecule has 0 bridgehead atoms. The van der Waals surface area contributed by atoms with E-state index in [9.17, 15) is 14.7 Å². The molecule has 18 heavy (non-hydrogen) atoms. The molecule has 1 amide bonds. The summed E-state index contributed by atoms with van der Waals surface area (Å²) >= 11 is 0. The minimum atomic E-state index is -1.28. The number of aliphatic hydroxyl groups is 1. The van der Waals surface area contributed by atoms with Crippen molar-refractivity contribution < 1.29 is 19.8 Å². The van der Waals surface area contributed by atoms with E-state index in [-0.39, 0.29) is 6.42 Å². The molecule has 0 spiro atoms. The zero-order valence-electron chi connectivity index (χ0n) is 10.4. The Labute approximate surface area is 105 Å². The molecular weight excluding hydrogens is 234 g/mol. The van der Waals surface area contributed by atoms with Gasteiger partial charge in [0.2, 0.25) is 5.91 Å². The molecule has 5 heteroatoms. The first kappa shape index (κ1) is 14.2. The molecule has 5 nitrogen and oxygen atoms in total. The van der Waals surface area contributed by atoms with Gasteiger partial charge < -0.3 is 15.5 Å². The van der Waals surface area contributed by atoms with Crippen molar-refractivity contribution in [2.24, 2.45) is 0 Å². The zero-order valence-corrected chi connectivity index (χ0v) is 10.4. The van der Waals surface area contributed by atoms with Crippen LogP contribution in [-0.2, 0) is 16.0 Å². The number of carboxylic acid groups (broad SMARTS) is 1. The van der Waals surface area contributed by atoms with E-state index in [1.54, 1.807) is 0 Å². The largest absolute Gasteiger partial charge is 0.480 e. The first-order chi connectivity index (χ1) is 8.40. The van der Waals surface area contributed by atoms with Gasteiger partial charge in [-0.25, -0.2) is 4.79 Å². The van der Waals surface area contributed by atoms with E-state index in [0.717, 1.165) is 11.1 Å². The summed E-state index contributed by atoms with van der Waals surface area (Å²) in [4.78, 5) is 22.4. The van der Waals surface area contributed by atoms with Crippen molar-refractivity contribution in [2.75, 3.05) is 0 Å². The highest BCUT2D eigenvalue weighted by molar-refractivity contribution is 5.85. The van der Waals surface area contributed by atoms with Crippen molar-refractivity contribution in [3.05, 3.63) is 35.4 Å². The fourth-order valence-corrected chi connectivity index (χ4v) is 1.50. The third kappa shape index (κ3) is 4.18. The number of carbonyl (C=O) groups is 2. The standard InChI is InChI=1S/C13H17NO4/c1-8-3-5-10(6-4-8)7-11(16)14-12(9(2)15)13(17)18/h3-6,9,12,15H,7H2,1-2H3,(H,14,16)(H,17,18). The number of rotatable bonds is 5. The first-order valence-electron chi connectivity index (χ1n) is 5.66. The Morgan fingerprint density at radius 2 is 1.83 bits per heavy atom. The molecule has 0 saturated carbocycles. The minimum Gasteiger partial charge on any atom is -0.480 e. The van der Waals surface area contributed by atoms with Gasteiger partial charge in [0.15, 0.2) is 6.04 Å². The molecule has 0 heterocycles. The summed E-state index contributed by atoms with van der Waals surface area (Å²) in [5.41, 5.74) is 1.89. The number of hydrogen-bond donors (Lipinski definition) is 3. The molecule has 0 radical (unpaired) electrons. The predicted molar refractivity (Wildman–Crippen MR) is 66.1 cm³/mol. The number of amides is 1. The lowest BCUT2D eigenvalue weighted by atomic mass is 10.1. The highest BCUT2D eigenvalue weighted by Gasteiger charge is 2.24. The zero-order chi connectivity index (χ0) is 13.7. The highest BCUT2D eigenvalue weighted by atomic mass is 16.4. The van der Waals surface area contributed by atoms with Gasteiger partial charge in [0.25, 0.3) is 0 Å². The summed E-state index contributed by atoms with van der Waals surface area (Å²) in [5.74, 6) is -1.67. The summed E-state index contributed by atoms with van der Waals surface area (Å²) < 4.78 is 0. The van der Waals surface area contributed by atoms with Gasteiger partial charge in [-0.3, -0.25) is 4.79 Å². The van der Waals surface area contributed by atoms with Crippen LogP contribution >= 0.6 is 0 Å².